The van der Waals surface area contributed by atoms with Crippen LogP contribution >= 0.6 is 0 Å². The van der Waals surface area contributed by atoms with Crippen LogP contribution in [-0.4, -0.2) is 35.6 Å². The average Bonchev–Trinajstić information content (AvgIpc) is 2.49. The van der Waals surface area contributed by atoms with Gasteiger partial charge in [-0.05, 0) is 64.0 Å². The molecule has 0 bridgehead atoms. The first-order chi connectivity index (χ1) is 10.7. The molecular weight excluding hydrogens is 276 g/mol. The number of rotatable bonds is 4. The van der Waals surface area contributed by atoms with Crippen molar-refractivity contribution in [2.45, 2.75) is 57.9 Å². The van der Waals surface area contributed by atoms with Gasteiger partial charge in [-0.1, -0.05) is 0 Å². The largest absolute Gasteiger partial charge is 0.317 e. The van der Waals surface area contributed by atoms with Crippen LogP contribution in [0.3, 0.4) is 0 Å². The van der Waals surface area contributed by atoms with Gasteiger partial charge < -0.3 is 15.6 Å². The van der Waals surface area contributed by atoms with Gasteiger partial charge in [0.25, 0.3) is 5.56 Å². The highest BCUT2D eigenvalue weighted by Crippen LogP contribution is 2.43. The molecule has 1 aromatic heterocycles. The molecule has 0 amide bonds. The van der Waals surface area contributed by atoms with Crippen molar-refractivity contribution in [1.29, 1.82) is 0 Å². The summed E-state index contributed by atoms with van der Waals surface area (Å²) in [4.78, 5) is 18.5. The molecule has 1 saturated carbocycles. The highest BCUT2D eigenvalue weighted by Gasteiger charge is 2.35. The van der Waals surface area contributed by atoms with Crippen LogP contribution in [0.2, 0.25) is 0 Å². The summed E-state index contributed by atoms with van der Waals surface area (Å²) in [5.74, 6) is 0.702. The fourth-order valence-electron chi connectivity index (χ4n) is 4.07. The zero-order chi connectivity index (χ0) is 15.4. The maximum absolute atomic E-state index is 11.4. The van der Waals surface area contributed by atoms with Gasteiger partial charge in [0, 0.05) is 30.8 Å². The molecule has 122 valence electrons. The molecule has 0 radical (unpaired) electrons. The van der Waals surface area contributed by atoms with Crippen molar-refractivity contribution in [3.8, 4) is 0 Å². The van der Waals surface area contributed by atoms with Crippen molar-refractivity contribution in [2.24, 2.45) is 5.41 Å². The van der Waals surface area contributed by atoms with E-state index in [-0.39, 0.29) is 5.56 Å². The number of nitrogens with zero attached hydrogens (tertiary/aromatic N) is 1. The van der Waals surface area contributed by atoms with Gasteiger partial charge in [-0.25, -0.2) is 4.98 Å². The number of aromatic nitrogens is 2. The summed E-state index contributed by atoms with van der Waals surface area (Å²) in [6.07, 6.45) is 8.87. The van der Waals surface area contributed by atoms with Gasteiger partial charge in [0.1, 0.15) is 5.82 Å². The van der Waals surface area contributed by atoms with E-state index >= 15 is 0 Å². The molecule has 2 fully saturated rings. The van der Waals surface area contributed by atoms with Crippen LogP contribution in [0, 0.1) is 12.3 Å². The molecule has 0 atom stereocenters. The van der Waals surface area contributed by atoms with E-state index in [1.807, 2.05) is 6.92 Å². The molecule has 5 heteroatoms. The summed E-state index contributed by atoms with van der Waals surface area (Å²) in [7, 11) is 0. The number of aryl methyl sites for hydroxylation is 1. The number of nitrogens with one attached hydrogen (secondary N) is 3. The fraction of sp³-hybridized carbons (Fsp3) is 0.765. The predicted molar refractivity (Wildman–Crippen MR) is 88.1 cm³/mol. The van der Waals surface area contributed by atoms with Gasteiger partial charge in [-0.3, -0.25) is 4.79 Å². The van der Waals surface area contributed by atoms with Crippen molar-refractivity contribution in [3.05, 3.63) is 27.9 Å². The number of H-pyrrole nitrogens is 1. The first kappa shape index (κ1) is 15.7. The third-order valence-electron chi connectivity index (χ3n) is 5.44. The van der Waals surface area contributed by atoms with Gasteiger partial charge in [0.15, 0.2) is 0 Å². The van der Waals surface area contributed by atoms with Crippen molar-refractivity contribution in [1.82, 2.24) is 20.6 Å². The molecule has 0 aromatic carbocycles. The molecule has 3 rings (SSSR count). The molecular formula is C17H28N4O. The highest BCUT2D eigenvalue weighted by atomic mass is 16.1. The first-order valence-electron chi connectivity index (χ1n) is 8.66. The lowest BCUT2D eigenvalue weighted by Gasteiger charge is -2.43. The van der Waals surface area contributed by atoms with E-state index in [1.165, 1.54) is 51.6 Å². The summed E-state index contributed by atoms with van der Waals surface area (Å²) in [6.45, 7) is 5.14. The Bertz CT molecular complexity index is 538. The van der Waals surface area contributed by atoms with Crippen molar-refractivity contribution < 1.29 is 0 Å². The smallest absolute Gasteiger partial charge is 0.251 e. The molecule has 0 unspecified atom stereocenters. The molecule has 1 saturated heterocycles. The van der Waals surface area contributed by atoms with Gasteiger partial charge >= 0.3 is 0 Å². The summed E-state index contributed by atoms with van der Waals surface area (Å²) in [5, 5.41) is 7.14. The monoisotopic (exact) mass is 304 g/mol. The van der Waals surface area contributed by atoms with Crippen molar-refractivity contribution in [3.63, 3.8) is 0 Å². The molecule has 1 aliphatic carbocycles. The fourth-order valence-corrected chi connectivity index (χ4v) is 4.07. The zero-order valence-corrected chi connectivity index (χ0v) is 13.6. The molecule has 5 nitrogen and oxygen atoms in total. The van der Waals surface area contributed by atoms with E-state index in [4.69, 9.17) is 0 Å². The molecule has 1 spiro atoms. The number of hydrogen-bond acceptors (Lipinski definition) is 4. The van der Waals surface area contributed by atoms with Crippen molar-refractivity contribution in [2.75, 3.05) is 19.6 Å². The summed E-state index contributed by atoms with van der Waals surface area (Å²) >= 11 is 0. The normalized spacial score (nSPS) is 22.0. The van der Waals surface area contributed by atoms with E-state index in [2.05, 4.69) is 20.6 Å². The Labute approximate surface area is 132 Å². The minimum absolute atomic E-state index is 0.0481. The Hall–Kier alpha value is -1.20. The lowest BCUT2D eigenvalue weighted by atomic mass is 9.67. The van der Waals surface area contributed by atoms with E-state index < -0.39 is 0 Å². The number of aromatic amines is 1. The minimum Gasteiger partial charge on any atom is -0.317 e. The quantitative estimate of drug-likeness (QED) is 0.789. The van der Waals surface area contributed by atoms with E-state index in [1.54, 1.807) is 6.07 Å². The minimum atomic E-state index is -0.0481. The van der Waals surface area contributed by atoms with E-state index in [0.717, 1.165) is 18.7 Å². The van der Waals surface area contributed by atoms with Gasteiger partial charge in [-0.15, -0.1) is 0 Å². The lowest BCUT2D eigenvalue weighted by Crippen LogP contribution is -2.43. The number of piperidine rings is 1. The second kappa shape index (κ2) is 6.92. The highest BCUT2D eigenvalue weighted by molar-refractivity contribution is 5.02. The second-order valence-corrected chi connectivity index (χ2v) is 7.05. The maximum atomic E-state index is 11.4. The Kier molecular flexibility index (Phi) is 4.93. The molecule has 22 heavy (non-hydrogen) atoms. The SMILES string of the molecule is Cc1nc(CCNC2CCC3(CCNCC3)CC2)cc(=O)[nH]1. The van der Waals surface area contributed by atoms with Crippen LogP contribution in [0.1, 0.15) is 50.0 Å². The Morgan fingerprint density at radius 2 is 2.00 bits per heavy atom. The van der Waals surface area contributed by atoms with Crippen LogP contribution in [0.4, 0.5) is 0 Å². The third-order valence-corrected chi connectivity index (χ3v) is 5.44. The molecule has 3 N–H and O–H groups in total. The standard InChI is InChI=1S/C17H28N4O/c1-13-20-15(12-16(22)21-13)4-9-19-14-2-5-17(6-3-14)7-10-18-11-8-17/h12,14,18-19H,2-11H2,1H3,(H,20,21,22). The molecule has 1 aliphatic heterocycles. The molecule has 2 heterocycles. The summed E-state index contributed by atoms with van der Waals surface area (Å²) in [5.41, 5.74) is 1.47. The maximum Gasteiger partial charge on any atom is 0.251 e. The first-order valence-corrected chi connectivity index (χ1v) is 8.66. The molecule has 2 aliphatic rings. The Morgan fingerprint density at radius 3 is 2.68 bits per heavy atom. The average molecular weight is 304 g/mol. The van der Waals surface area contributed by atoms with E-state index in [9.17, 15) is 4.79 Å². The zero-order valence-electron chi connectivity index (χ0n) is 13.6. The molecule has 1 aromatic rings. The Morgan fingerprint density at radius 1 is 1.27 bits per heavy atom. The van der Waals surface area contributed by atoms with Crippen LogP contribution in [-0.2, 0) is 6.42 Å². The van der Waals surface area contributed by atoms with Crippen LogP contribution in [0.15, 0.2) is 10.9 Å². The summed E-state index contributed by atoms with van der Waals surface area (Å²) in [6, 6.07) is 2.25. The topological polar surface area (TPSA) is 69.8 Å². The number of hydrogen-bond donors (Lipinski definition) is 3. The third kappa shape index (κ3) is 3.96. The second-order valence-electron chi connectivity index (χ2n) is 7.05. The lowest BCUT2D eigenvalue weighted by molar-refractivity contribution is 0.116. The summed E-state index contributed by atoms with van der Waals surface area (Å²) < 4.78 is 0. The van der Waals surface area contributed by atoms with Crippen molar-refractivity contribution >= 4 is 0 Å². The van der Waals surface area contributed by atoms with Crippen LogP contribution in [0.25, 0.3) is 0 Å². The van der Waals surface area contributed by atoms with Crippen LogP contribution in [0.5, 0.6) is 0 Å². The van der Waals surface area contributed by atoms with E-state index in [0.29, 0.717) is 17.3 Å². The Balaban J connectivity index is 1.42. The van der Waals surface area contributed by atoms with Gasteiger partial charge in [0.05, 0.1) is 0 Å². The van der Waals surface area contributed by atoms with Crippen LogP contribution < -0.4 is 16.2 Å². The van der Waals surface area contributed by atoms with Gasteiger partial charge in [0.2, 0.25) is 0 Å². The predicted octanol–water partition coefficient (Wildman–Crippen LogP) is 1.52. The van der Waals surface area contributed by atoms with Gasteiger partial charge in [-0.2, -0.15) is 0 Å².